The highest BCUT2D eigenvalue weighted by Crippen LogP contribution is 2.38. The van der Waals surface area contributed by atoms with E-state index in [0.29, 0.717) is 0 Å². The highest BCUT2D eigenvalue weighted by atomic mass is 16.5. The lowest BCUT2D eigenvalue weighted by atomic mass is 9.77. The fraction of sp³-hybridized carbons (Fsp3) is 1.00. The van der Waals surface area contributed by atoms with Crippen molar-refractivity contribution < 1.29 is 4.74 Å². The zero-order chi connectivity index (χ0) is 12.6. The van der Waals surface area contributed by atoms with Crippen molar-refractivity contribution in [3.05, 3.63) is 0 Å². The SMILES string of the molecule is CCCNCCC1(OCC(C)CCC)CCC1. The van der Waals surface area contributed by atoms with Gasteiger partial charge >= 0.3 is 0 Å². The van der Waals surface area contributed by atoms with Crippen molar-refractivity contribution in [1.82, 2.24) is 5.32 Å². The third-order valence-corrected chi connectivity index (χ3v) is 3.90. The highest BCUT2D eigenvalue weighted by molar-refractivity contribution is 4.90. The van der Waals surface area contributed by atoms with E-state index in [1.807, 2.05) is 0 Å². The van der Waals surface area contributed by atoms with Crippen LogP contribution >= 0.6 is 0 Å². The van der Waals surface area contributed by atoms with Gasteiger partial charge in [0.2, 0.25) is 0 Å². The Hall–Kier alpha value is -0.0800. The monoisotopic (exact) mass is 241 g/mol. The molecular weight excluding hydrogens is 210 g/mol. The van der Waals surface area contributed by atoms with Crippen molar-refractivity contribution in [1.29, 1.82) is 0 Å². The lowest BCUT2D eigenvalue weighted by Crippen LogP contribution is -2.43. The average molecular weight is 241 g/mol. The smallest absolute Gasteiger partial charge is 0.0694 e. The summed E-state index contributed by atoms with van der Waals surface area (Å²) in [5, 5.41) is 3.49. The summed E-state index contributed by atoms with van der Waals surface area (Å²) in [4.78, 5) is 0. The molecule has 2 heteroatoms. The van der Waals surface area contributed by atoms with Crippen LogP contribution in [0.3, 0.4) is 0 Å². The van der Waals surface area contributed by atoms with Crippen LogP contribution in [0, 0.1) is 5.92 Å². The molecule has 1 saturated carbocycles. The number of hydrogen-bond acceptors (Lipinski definition) is 2. The predicted octanol–water partition coefficient (Wildman–Crippen LogP) is 3.75. The first-order chi connectivity index (χ1) is 8.22. The second-order valence-electron chi connectivity index (χ2n) is 5.74. The summed E-state index contributed by atoms with van der Waals surface area (Å²) in [7, 11) is 0. The lowest BCUT2D eigenvalue weighted by Gasteiger charge is -2.42. The number of rotatable bonds is 10. The molecule has 0 radical (unpaired) electrons. The van der Waals surface area contributed by atoms with E-state index in [1.54, 1.807) is 0 Å². The van der Waals surface area contributed by atoms with Crippen LogP contribution in [-0.4, -0.2) is 25.3 Å². The molecule has 0 aromatic heterocycles. The molecule has 17 heavy (non-hydrogen) atoms. The second kappa shape index (κ2) is 8.10. The number of hydrogen-bond donors (Lipinski definition) is 1. The Morgan fingerprint density at radius 1 is 1.18 bits per heavy atom. The molecule has 1 atom stereocenters. The fourth-order valence-corrected chi connectivity index (χ4v) is 2.55. The van der Waals surface area contributed by atoms with Crippen LogP contribution in [0.25, 0.3) is 0 Å². The van der Waals surface area contributed by atoms with Gasteiger partial charge in [0, 0.05) is 6.61 Å². The maximum Gasteiger partial charge on any atom is 0.0694 e. The molecule has 0 bridgehead atoms. The van der Waals surface area contributed by atoms with Gasteiger partial charge in [-0.25, -0.2) is 0 Å². The summed E-state index contributed by atoms with van der Waals surface area (Å²) in [5.74, 6) is 0.723. The zero-order valence-corrected chi connectivity index (χ0v) is 12.1. The molecule has 0 aromatic carbocycles. The van der Waals surface area contributed by atoms with Crippen molar-refractivity contribution in [2.45, 2.75) is 71.3 Å². The van der Waals surface area contributed by atoms with Crippen molar-refractivity contribution in [2.24, 2.45) is 5.92 Å². The van der Waals surface area contributed by atoms with E-state index in [9.17, 15) is 0 Å². The summed E-state index contributed by atoms with van der Waals surface area (Å²) < 4.78 is 6.22. The Bertz CT molecular complexity index is 189. The third kappa shape index (κ3) is 5.39. The van der Waals surface area contributed by atoms with Crippen LogP contribution < -0.4 is 5.32 Å². The van der Waals surface area contributed by atoms with Crippen molar-refractivity contribution >= 4 is 0 Å². The molecule has 1 N–H and O–H groups in total. The standard InChI is InChI=1S/C15H31NO/c1-4-7-14(3)13-17-15(8-6-9-15)10-12-16-11-5-2/h14,16H,4-13H2,1-3H3. The normalized spacial score (nSPS) is 19.9. The Morgan fingerprint density at radius 3 is 2.47 bits per heavy atom. The summed E-state index contributed by atoms with van der Waals surface area (Å²) >= 11 is 0. The van der Waals surface area contributed by atoms with Crippen LogP contribution in [0.15, 0.2) is 0 Å². The topological polar surface area (TPSA) is 21.3 Å². The summed E-state index contributed by atoms with van der Waals surface area (Å²) in [5.41, 5.74) is 0.239. The minimum atomic E-state index is 0.239. The minimum Gasteiger partial charge on any atom is -0.375 e. The zero-order valence-electron chi connectivity index (χ0n) is 12.1. The van der Waals surface area contributed by atoms with Crippen molar-refractivity contribution in [2.75, 3.05) is 19.7 Å². The largest absolute Gasteiger partial charge is 0.375 e. The Balaban J connectivity index is 2.16. The van der Waals surface area contributed by atoms with Gasteiger partial charge in [-0.15, -0.1) is 0 Å². The first-order valence-corrected chi connectivity index (χ1v) is 7.57. The number of ether oxygens (including phenoxy) is 1. The summed E-state index contributed by atoms with van der Waals surface area (Å²) in [6, 6.07) is 0. The molecule has 0 amide bonds. The van der Waals surface area contributed by atoms with E-state index >= 15 is 0 Å². The Kier molecular flexibility index (Phi) is 7.14. The Labute approximate surface area is 108 Å². The van der Waals surface area contributed by atoms with E-state index in [0.717, 1.165) is 25.6 Å². The van der Waals surface area contributed by atoms with Crippen molar-refractivity contribution in [3.8, 4) is 0 Å². The lowest BCUT2D eigenvalue weighted by molar-refractivity contribution is -0.114. The number of nitrogens with one attached hydrogen (secondary N) is 1. The summed E-state index contributed by atoms with van der Waals surface area (Å²) in [6.07, 6.45) is 8.90. The van der Waals surface area contributed by atoms with E-state index in [-0.39, 0.29) is 5.60 Å². The van der Waals surface area contributed by atoms with E-state index in [1.165, 1.54) is 44.9 Å². The Morgan fingerprint density at radius 2 is 1.94 bits per heavy atom. The third-order valence-electron chi connectivity index (χ3n) is 3.90. The van der Waals surface area contributed by atoms with Gasteiger partial charge in [0.1, 0.15) is 0 Å². The molecule has 0 heterocycles. The van der Waals surface area contributed by atoms with Gasteiger partial charge in [-0.1, -0.05) is 27.2 Å². The average Bonchev–Trinajstić information content (AvgIpc) is 2.26. The molecule has 1 aliphatic rings. The molecule has 0 aromatic rings. The van der Waals surface area contributed by atoms with Gasteiger partial charge < -0.3 is 10.1 Å². The molecule has 1 aliphatic carbocycles. The van der Waals surface area contributed by atoms with E-state index < -0.39 is 0 Å². The molecule has 0 saturated heterocycles. The predicted molar refractivity (Wildman–Crippen MR) is 74.4 cm³/mol. The van der Waals surface area contributed by atoms with Crippen LogP contribution in [-0.2, 0) is 4.74 Å². The van der Waals surface area contributed by atoms with Gasteiger partial charge in [-0.3, -0.25) is 0 Å². The molecular formula is C15H31NO. The molecule has 0 aliphatic heterocycles. The fourth-order valence-electron chi connectivity index (χ4n) is 2.55. The highest BCUT2D eigenvalue weighted by Gasteiger charge is 2.37. The van der Waals surface area contributed by atoms with Crippen molar-refractivity contribution in [3.63, 3.8) is 0 Å². The molecule has 102 valence electrons. The van der Waals surface area contributed by atoms with E-state index in [2.05, 4.69) is 26.1 Å². The maximum absolute atomic E-state index is 6.22. The second-order valence-corrected chi connectivity index (χ2v) is 5.74. The van der Waals surface area contributed by atoms with Gasteiger partial charge in [-0.2, -0.15) is 0 Å². The quantitative estimate of drug-likeness (QED) is 0.588. The van der Waals surface area contributed by atoms with Gasteiger partial charge in [0.25, 0.3) is 0 Å². The summed E-state index contributed by atoms with van der Waals surface area (Å²) in [6.45, 7) is 10.0. The minimum absolute atomic E-state index is 0.239. The molecule has 0 spiro atoms. The van der Waals surface area contributed by atoms with E-state index in [4.69, 9.17) is 4.74 Å². The van der Waals surface area contributed by atoms with Crippen LogP contribution in [0.5, 0.6) is 0 Å². The van der Waals surface area contributed by atoms with Crippen LogP contribution in [0.2, 0.25) is 0 Å². The maximum atomic E-state index is 6.22. The van der Waals surface area contributed by atoms with Crippen LogP contribution in [0.4, 0.5) is 0 Å². The molecule has 1 rings (SSSR count). The molecule has 1 unspecified atom stereocenters. The van der Waals surface area contributed by atoms with Gasteiger partial charge in [0.05, 0.1) is 5.60 Å². The van der Waals surface area contributed by atoms with Gasteiger partial charge in [-0.05, 0) is 57.5 Å². The molecule has 2 nitrogen and oxygen atoms in total. The first-order valence-electron chi connectivity index (χ1n) is 7.57. The van der Waals surface area contributed by atoms with Gasteiger partial charge in [0.15, 0.2) is 0 Å². The molecule has 1 fully saturated rings. The first kappa shape index (κ1) is 15.0. The van der Waals surface area contributed by atoms with Crippen LogP contribution in [0.1, 0.15) is 65.7 Å².